The van der Waals surface area contributed by atoms with Crippen molar-refractivity contribution in [3.8, 4) is 0 Å². The number of imide groups is 1. The highest BCUT2D eigenvalue weighted by atomic mass is 32.2. The van der Waals surface area contributed by atoms with Crippen LogP contribution in [0.5, 0.6) is 0 Å². The minimum absolute atomic E-state index is 0.131. The zero-order valence-corrected chi connectivity index (χ0v) is 26.0. The number of anilines is 1. The molecule has 7 rings (SSSR count). The van der Waals surface area contributed by atoms with Crippen molar-refractivity contribution in [2.75, 3.05) is 31.1 Å². The molecule has 1 N–H and O–H groups in total. The molecule has 1 saturated carbocycles. The van der Waals surface area contributed by atoms with Crippen LogP contribution in [0.4, 0.5) is 5.69 Å². The van der Waals surface area contributed by atoms with Gasteiger partial charge in [0.15, 0.2) is 0 Å². The average molecular weight is 621 g/mol. The minimum Gasteiger partial charge on any atom is -0.371 e. The second kappa shape index (κ2) is 11.3. The van der Waals surface area contributed by atoms with E-state index in [9.17, 15) is 22.8 Å². The van der Waals surface area contributed by atoms with Crippen LogP contribution >= 0.6 is 0 Å². The van der Waals surface area contributed by atoms with Crippen LogP contribution in [0.15, 0.2) is 47.4 Å². The van der Waals surface area contributed by atoms with Crippen LogP contribution in [-0.4, -0.2) is 80.3 Å². The van der Waals surface area contributed by atoms with E-state index in [0.717, 1.165) is 68.7 Å². The summed E-state index contributed by atoms with van der Waals surface area (Å²) in [5, 5.41) is 2.38. The largest absolute Gasteiger partial charge is 0.371 e. The van der Waals surface area contributed by atoms with Crippen molar-refractivity contribution in [3.63, 3.8) is 0 Å². The molecule has 10 nitrogen and oxygen atoms in total. The van der Waals surface area contributed by atoms with E-state index in [2.05, 4.69) is 21.2 Å². The first-order valence-electron chi connectivity index (χ1n) is 15.9. The monoisotopic (exact) mass is 620 g/mol. The van der Waals surface area contributed by atoms with Gasteiger partial charge in [0.05, 0.1) is 11.0 Å². The van der Waals surface area contributed by atoms with E-state index >= 15 is 0 Å². The molecule has 1 atom stereocenters. The second-order valence-electron chi connectivity index (χ2n) is 13.4. The Bertz CT molecular complexity index is 1570. The van der Waals surface area contributed by atoms with Crippen molar-refractivity contribution in [2.24, 2.45) is 5.41 Å². The SMILES string of the molecule is Cc1ccc(S(=O)(=O)OC2CCN(C3CC4(CCN(c5cccc6c5CN(C5CCC(=O)NC5=O)C6=O)CC4)C3)CC2)cc1. The highest BCUT2D eigenvalue weighted by Crippen LogP contribution is 2.52. The fourth-order valence-electron chi connectivity index (χ4n) is 7.97. The van der Waals surface area contributed by atoms with E-state index < -0.39 is 16.2 Å². The number of hydrogen-bond acceptors (Lipinski definition) is 8. The molecular weight excluding hydrogens is 580 g/mol. The Labute approximate surface area is 258 Å². The lowest BCUT2D eigenvalue weighted by atomic mass is 9.59. The molecule has 4 fully saturated rings. The number of carbonyl (C=O) groups is 3. The van der Waals surface area contributed by atoms with Gasteiger partial charge in [0.25, 0.3) is 16.0 Å². The molecule has 0 radical (unpaired) electrons. The quantitative estimate of drug-likeness (QED) is 0.386. The number of rotatable bonds is 6. The topological polar surface area (TPSA) is 116 Å². The van der Waals surface area contributed by atoms with Crippen molar-refractivity contribution in [1.29, 1.82) is 0 Å². The fraction of sp³-hybridized carbons (Fsp3) is 0.545. The molecule has 11 heteroatoms. The van der Waals surface area contributed by atoms with Gasteiger partial charge in [-0.2, -0.15) is 8.42 Å². The third-order valence-electron chi connectivity index (χ3n) is 10.6. The Hall–Kier alpha value is -3.28. The predicted molar refractivity (Wildman–Crippen MR) is 163 cm³/mol. The van der Waals surface area contributed by atoms with Gasteiger partial charge in [-0.1, -0.05) is 23.8 Å². The summed E-state index contributed by atoms with van der Waals surface area (Å²) in [7, 11) is -3.75. The number of hydrogen-bond donors (Lipinski definition) is 1. The third-order valence-corrected chi connectivity index (χ3v) is 12.0. The van der Waals surface area contributed by atoms with Gasteiger partial charge >= 0.3 is 0 Å². The van der Waals surface area contributed by atoms with Gasteiger partial charge in [0.2, 0.25) is 11.8 Å². The van der Waals surface area contributed by atoms with Crippen LogP contribution in [0.25, 0.3) is 0 Å². The first-order chi connectivity index (χ1) is 21.1. The first kappa shape index (κ1) is 29.4. The molecule has 0 bridgehead atoms. The van der Waals surface area contributed by atoms with E-state index in [-0.39, 0.29) is 35.1 Å². The Morgan fingerprint density at radius 3 is 2.30 bits per heavy atom. The fourth-order valence-corrected chi connectivity index (χ4v) is 9.10. The van der Waals surface area contributed by atoms with Gasteiger partial charge in [-0.25, -0.2) is 0 Å². The maximum atomic E-state index is 13.3. The van der Waals surface area contributed by atoms with Crippen LogP contribution in [0.3, 0.4) is 0 Å². The smallest absolute Gasteiger partial charge is 0.297 e. The van der Waals surface area contributed by atoms with Gasteiger partial charge in [0, 0.05) is 62.0 Å². The molecule has 1 unspecified atom stereocenters. The summed E-state index contributed by atoms with van der Waals surface area (Å²) < 4.78 is 31.1. The molecule has 3 saturated heterocycles. The second-order valence-corrected chi connectivity index (χ2v) is 14.9. The molecular formula is C33H40N4O6S. The van der Waals surface area contributed by atoms with Crippen molar-refractivity contribution >= 4 is 33.5 Å². The van der Waals surface area contributed by atoms with Crippen molar-refractivity contribution in [3.05, 3.63) is 59.2 Å². The lowest BCUT2D eigenvalue weighted by molar-refractivity contribution is -0.136. The van der Waals surface area contributed by atoms with E-state index in [1.807, 2.05) is 19.1 Å². The molecule has 3 amide bonds. The van der Waals surface area contributed by atoms with E-state index in [1.54, 1.807) is 29.2 Å². The van der Waals surface area contributed by atoms with Crippen LogP contribution < -0.4 is 10.2 Å². The zero-order chi connectivity index (χ0) is 30.6. The summed E-state index contributed by atoms with van der Waals surface area (Å²) in [5.74, 6) is -0.791. The number of piperidine rings is 3. The molecule has 1 aliphatic carbocycles. The zero-order valence-electron chi connectivity index (χ0n) is 25.2. The highest BCUT2D eigenvalue weighted by molar-refractivity contribution is 7.86. The number of carbonyl (C=O) groups excluding carboxylic acids is 3. The Kier molecular flexibility index (Phi) is 7.53. The highest BCUT2D eigenvalue weighted by Gasteiger charge is 2.49. The molecule has 4 heterocycles. The van der Waals surface area contributed by atoms with E-state index in [4.69, 9.17) is 4.18 Å². The lowest BCUT2D eigenvalue weighted by Gasteiger charge is -2.56. The maximum absolute atomic E-state index is 13.3. The minimum atomic E-state index is -3.75. The molecule has 0 aromatic heterocycles. The third kappa shape index (κ3) is 5.43. The normalized spacial score (nSPS) is 24.8. The number of nitrogens with one attached hydrogen (secondary N) is 1. The summed E-state index contributed by atoms with van der Waals surface area (Å²) in [6, 6.07) is 12.6. The summed E-state index contributed by atoms with van der Waals surface area (Å²) in [4.78, 5) is 44.2. The number of benzene rings is 2. The maximum Gasteiger partial charge on any atom is 0.297 e. The molecule has 234 valence electrons. The van der Waals surface area contributed by atoms with Crippen molar-refractivity contribution in [2.45, 2.75) is 87.9 Å². The summed E-state index contributed by atoms with van der Waals surface area (Å²) >= 11 is 0. The average Bonchev–Trinajstić information content (AvgIpc) is 3.32. The van der Waals surface area contributed by atoms with E-state index in [0.29, 0.717) is 30.0 Å². The lowest BCUT2D eigenvalue weighted by Crippen LogP contribution is -2.57. The summed E-state index contributed by atoms with van der Waals surface area (Å²) in [6.45, 7) is 5.90. The summed E-state index contributed by atoms with van der Waals surface area (Å²) in [6.07, 6.45) is 6.32. The molecule has 2 aromatic rings. The van der Waals surface area contributed by atoms with Gasteiger partial charge in [-0.3, -0.25) is 23.9 Å². The predicted octanol–water partition coefficient (Wildman–Crippen LogP) is 3.37. The number of aryl methyl sites for hydroxylation is 1. The van der Waals surface area contributed by atoms with Gasteiger partial charge in [0.1, 0.15) is 6.04 Å². The van der Waals surface area contributed by atoms with Gasteiger partial charge < -0.3 is 14.7 Å². The van der Waals surface area contributed by atoms with Crippen LogP contribution in [0.2, 0.25) is 0 Å². The van der Waals surface area contributed by atoms with Crippen molar-refractivity contribution in [1.82, 2.24) is 15.1 Å². The van der Waals surface area contributed by atoms with Crippen LogP contribution in [0, 0.1) is 12.3 Å². The number of amides is 3. The van der Waals surface area contributed by atoms with Gasteiger partial charge in [-0.15, -0.1) is 0 Å². The molecule has 4 aliphatic heterocycles. The number of likely N-dealkylation sites (tertiary alicyclic amines) is 1. The van der Waals surface area contributed by atoms with E-state index in [1.165, 1.54) is 12.8 Å². The van der Waals surface area contributed by atoms with Gasteiger partial charge in [-0.05, 0) is 81.5 Å². The van der Waals surface area contributed by atoms with Crippen molar-refractivity contribution < 1.29 is 27.0 Å². The standard InChI is InChI=1S/C33H40N4O6S/c1-22-5-7-25(8-6-22)44(41,42)43-24-11-15-35(16-12-24)23-19-33(20-23)13-17-36(18-14-33)28-4-2-3-26-27(28)21-37(32(26)40)29-9-10-30(38)34-31(29)39/h2-8,23-24,29H,9-21H2,1H3,(H,34,38,39). The molecule has 2 aromatic carbocycles. The van der Waals surface area contributed by atoms with Crippen LogP contribution in [-0.2, 0) is 30.4 Å². The molecule has 1 spiro atoms. The first-order valence-corrected chi connectivity index (χ1v) is 17.3. The number of nitrogens with zero attached hydrogens (tertiary/aromatic N) is 3. The molecule has 5 aliphatic rings. The Balaban J connectivity index is 0.909. The Morgan fingerprint density at radius 1 is 0.909 bits per heavy atom. The van der Waals surface area contributed by atoms with Crippen LogP contribution in [0.1, 0.15) is 72.9 Å². The summed E-state index contributed by atoms with van der Waals surface area (Å²) in [5.41, 5.74) is 4.09. The molecule has 44 heavy (non-hydrogen) atoms. The number of fused-ring (bicyclic) bond motifs is 1. The Morgan fingerprint density at radius 2 is 1.61 bits per heavy atom.